The molecule has 20 heavy (non-hydrogen) atoms. The number of hydrogen-bond acceptors (Lipinski definition) is 4. The SMILES string of the molecule is CC(C)(C)CCS(=O)(=O)N1CCSc2ccc(N)cc21. The molecule has 6 heteroatoms. The van der Waals surface area contributed by atoms with Gasteiger partial charge in [-0.05, 0) is 30.0 Å². The molecule has 0 saturated carbocycles. The molecule has 0 radical (unpaired) electrons. The van der Waals surface area contributed by atoms with Crippen molar-refractivity contribution < 1.29 is 8.42 Å². The van der Waals surface area contributed by atoms with Crippen LogP contribution in [-0.4, -0.2) is 26.5 Å². The van der Waals surface area contributed by atoms with Crippen molar-refractivity contribution in [2.24, 2.45) is 5.41 Å². The molecule has 0 unspecified atom stereocenters. The van der Waals surface area contributed by atoms with E-state index in [-0.39, 0.29) is 11.2 Å². The molecule has 0 aromatic heterocycles. The molecule has 0 spiro atoms. The van der Waals surface area contributed by atoms with Gasteiger partial charge in [-0.2, -0.15) is 0 Å². The largest absolute Gasteiger partial charge is 0.399 e. The van der Waals surface area contributed by atoms with E-state index >= 15 is 0 Å². The molecular weight excluding hydrogens is 292 g/mol. The maximum absolute atomic E-state index is 12.6. The first kappa shape index (κ1) is 15.5. The lowest BCUT2D eigenvalue weighted by Crippen LogP contribution is -2.37. The van der Waals surface area contributed by atoms with Gasteiger partial charge >= 0.3 is 0 Å². The highest BCUT2D eigenvalue weighted by Gasteiger charge is 2.29. The fourth-order valence-corrected chi connectivity index (χ4v) is 5.10. The molecule has 1 aliphatic heterocycles. The van der Waals surface area contributed by atoms with E-state index < -0.39 is 10.0 Å². The second-order valence-corrected chi connectivity index (χ2v) is 9.42. The van der Waals surface area contributed by atoms with Gasteiger partial charge in [0.25, 0.3) is 0 Å². The number of nitrogen functional groups attached to an aromatic ring is 1. The first-order chi connectivity index (χ1) is 9.19. The number of benzene rings is 1. The standard InChI is InChI=1S/C14H22N2O2S2/c1-14(2,3)6-9-20(17,18)16-7-8-19-13-5-4-11(15)10-12(13)16/h4-5,10H,6-9,15H2,1-3H3. The summed E-state index contributed by atoms with van der Waals surface area (Å²) in [5.41, 5.74) is 7.14. The molecule has 0 fully saturated rings. The Kier molecular flexibility index (Phi) is 4.25. The van der Waals surface area contributed by atoms with Crippen LogP contribution < -0.4 is 10.0 Å². The minimum atomic E-state index is -3.28. The topological polar surface area (TPSA) is 63.4 Å². The van der Waals surface area contributed by atoms with Gasteiger partial charge < -0.3 is 5.73 Å². The Hall–Kier alpha value is -0.880. The van der Waals surface area contributed by atoms with E-state index in [0.29, 0.717) is 18.7 Å². The Bertz CT molecular complexity index is 592. The van der Waals surface area contributed by atoms with E-state index in [1.54, 1.807) is 17.8 Å². The number of fused-ring (bicyclic) bond motifs is 1. The summed E-state index contributed by atoms with van der Waals surface area (Å²) in [6.45, 7) is 6.69. The van der Waals surface area contributed by atoms with E-state index in [9.17, 15) is 8.42 Å². The first-order valence-electron chi connectivity index (χ1n) is 6.72. The Labute approximate surface area is 125 Å². The Morgan fingerprint density at radius 1 is 1.35 bits per heavy atom. The molecule has 4 nitrogen and oxygen atoms in total. The van der Waals surface area contributed by atoms with Gasteiger partial charge in [0.15, 0.2) is 0 Å². The molecule has 1 heterocycles. The molecule has 0 atom stereocenters. The van der Waals surface area contributed by atoms with Crippen LogP contribution in [0.25, 0.3) is 0 Å². The average Bonchev–Trinajstić information content (AvgIpc) is 2.35. The fraction of sp³-hybridized carbons (Fsp3) is 0.571. The van der Waals surface area contributed by atoms with Crippen molar-refractivity contribution in [3.8, 4) is 0 Å². The number of anilines is 2. The van der Waals surface area contributed by atoms with Crippen molar-refractivity contribution >= 4 is 33.2 Å². The third-order valence-corrected chi connectivity index (χ3v) is 6.06. The normalized spacial score (nSPS) is 16.1. The van der Waals surface area contributed by atoms with E-state index in [2.05, 4.69) is 20.8 Å². The molecule has 2 N–H and O–H groups in total. The van der Waals surface area contributed by atoms with Crippen LogP contribution >= 0.6 is 11.8 Å². The third-order valence-electron chi connectivity index (χ3n) is 3.25. The second kappa shape index (κ2) is 5.48. The molecule has 0 saturated heterocycles. The highest BCUT2D eigenvalue weighted by atomic mass is 32.2. The summed E-state index contributed by atoms with van der Waals surface area (Å²) in [5.74, 6) is 0.959. The number of nitrogens with zero attached hydrogens (tertiary/aromatic N) is 1. The Balaban J connectivity index is 2.28. The summed E-state index contributed by atoms with van der Waals surface area (Å²) >= 11 is 1.68. The van der Waals surface area contributed by atoms with Crippen molar-refractivity contribution in [1.29, 1.82) is 0 Å². The Morgan fingerprint density at radius 2 is 2.05 bits per heavy atom. The van der Waals surface area contributed by atoms with Crippen molar-refractivity contribution in [3.05, 3.63) is 18.2 Å². The number of hydrogen-bond donors (Lipinski definition) is 1. The zero-order valence-electron chi connectivity index (χ0n) is 12.2. The average molecular weight is 314 g/mol. The van der Waals surface area contributed by atoms with Gasteiger partial charge in [-0.1, -0.05) is 20.8 Å². The van der Waals surface area contributed by atoms with Gasteiger partial charge in [0.1, 0.15) is 0 Å². The summed E-state index contributed by atoms with van der Waals surface area (Å²) in [7, 11) is -3.28. The number of sulfonamides is 1. The lowest BCUT2D eigenvalue weighted by molar-refractivity contribution is 0.397. The van der Waals surface area contributed by atoms with Crippen molar-refractivity contribution in [2.45, 2.75) is 32.1 Å². The quantitative estimate of drug-likeness (QED) is 0.871. The van der Waals surface area contributed by atoms with Crippen LogP contribution in [0.3, 0.4) is 0 Å². The molecule has 1 aromatic rings. The smallest absolute Gasteiger partial charge is 0.235 e. The Morgan fingerprint density at radius 3 is 2.70 bits per heavy atom. The number of nitrogens with two attached hydrogens (primary N) is 1. The molecule has 112 valence electrons. The van der Waals surface area contributed by atoms with Crippen LogP contribution in [0.4, 0.5) is 11.4 Å². The highest BCUT2D eigenvalue weighted by Crippen LogP contribution is 2.38. The van der Waals surface area contributed by atoms with Gasteiger partial charge in [0.2, 0.25) is 10.0 Å². The van der Waals surface area contributed by atoms with Gasteiger partial charge in [0, 0.05) is 22.9 Å². The van der Waals surface area contributed by atoms with E-state index in [1.165, 1.54) is 4.31 Å². The molecular formula is C14H22N2O2S2. The maximum Gasteiger partial charge on any atom is 0.235 e. The lowest BCUT2D eigenvalue weighted by atomic mass is 9.94. The van der Waals surface area contributed by atoms with E-state index in [0.717, 1.165) is 16.3 Å². The molecule has 0 aliphatic carbocycles. The number of rotatable bonds is 3. The summed E-state index contributed by atoms with van der Waals surface area (Å²) in [6, 6.07) is 5.48. The van der Waals surface area contributed by atoms with Gasteiger partial charge in [0.05, 0.1) is 11.4 Å². The van der Waals surface area contributed by atoms with Crippen LogP contribution in [0.15, 0.2) is 23.1 Å². The summed E-state index contributed by atoms with van der Waals surface area (Å²) in [4.78, 5) is 0.991. The molecule has 0 bridgehead atoms. The van der Waals surface area contributed by atoms with E-state index in [1.807, 2.05) is 12.1 Å². The van der Waals surface area contributed by atoms with Gasteiger partial charge in [-0.25, -0.2) is 8.42 Å². The predicted octanol–water partition coefficient (Wildman–Crippen LogP) is 2.95. The first-order valence-corrected chi connectivity index (χ1v) is 9.31. The van der Waals surface area contributed by atoms with Crippen molar-refractivity contribution in [2.75, 3.05) is 28.1 Å². The van der Waals surface area contributed by atoms with Crippen molar-refractivity contribution in [1.82, 2.24) is 0 Å². The van der Waals surface area contributed by atoms with Crippen LogP contribution in [-0.2, 0) is 10.0 Å². The predicted molar refractivity (Wildman–Crippen MR) is 86.8 cm³/mol. The second-order valence-electron chi connectivity index (χ2n) is 6.27. The van der Waals surface area contributed by atoms with Gasteiger partial charge in [-0.3, -0.25) is 4.31 Å². The van der Waals surface area contributed by atoms with E-state index in [4.69, 9.17) is 5.73 Å². The monoisotopic (exact) mass is 314 g/mol. The summed E-state index contributed by atoms with van der Waals surface area (Å²) in [5, 5.41) is 0. The van der Waals surface area contributed by atoms with Crippen LogP contribution in [0, 0.1) is 5.41 Å². The lowest BCUT2D eigenvalue weighted by Gasteiger charge is -2.31. The highest BCUT2D eigenvalue weighted by molar-refractivity contribution is 8.00. The minimum Gasteiger partial charge on any atom is -0.399 e. The molecule has 1 aromatic carbocycles. The van der Waals surface area contributed by atoms with Crippen LogP contribution in [0.2, 0.25) is 0 Å². The van der Waals surface area contributed by atoms with Gasteiger partial charge in [-0.15, -0.1) is 11.8 Å². The molecule has 1 aliphatic rings. The zero-order valence-corrected chi connectivity index (χ0v) is 13.9. The summed E-state index contributed by atoms with van der Waals surface area (Å²) < 4.78 is 26.7. The fourth-order valence-electron chi connectivity index (χ4n) is 2.04. The van der Waals surface area contributed by atoms with Crippen LogP contribution in [0.1, 0.15) is 27.2 Å². The zero-order chi connectivity index (χ0) is 15.0. The molecule has 0 amide bonds. The third kappa shape index (κ3) is 3.61. The summed E-state index contributed by atoms with van der Waals surface area (Å²) in [6.07, 6.45) is 0.649. The maximum atomic E-state index is 12.6. The van der Waals surface area contributed by atoms with Crippen LogP contribution in [0.5, 0.6) is 0 Å². The van der Waals surface area contributed by atoms with Crippen molar-refractivity contribution in [3.63, 3.8) is 0 Å². The minimum absolute atomic E-state index is 0.0101. The number of thioether (sulfide) groups is 1. The molecule has 2 rings (SSSR count).